The number of nitrogens with one attached hydrogen (secondary N) is 2. The molecule has 2 rings (SSSR count). The highest BCUT2D eigenvalue weighted by atomic mass is 14.5. The van der Waals surface area contributed by atoms with Crippen molar-refractivity contribution in [3.8, 4) is 0 Å². The molecule has 0 aromatic heterocycles. The Labute approximate surface area is 127 Å². The number of hydrogen-bond acceptors (Lipinski definition) is 3. The number of allylic oxidation sites excluding steroid dienone is 4. The molecular weight excluding hydrogens is 258 g/mol. The number of nitrogens with two attached hydrogens (primary N) is 1. The Morgan fingerprint density at radius 1 is 0.905 bits per heavy atom. The molecule has 4 N–H and O–H groups in total. The van der Waals surface area contributed by atoms with Gasteiger partial charge in [0.15, 0.2) is 0 Å². The van der Waals surface area contributed by atoms with Gasteiger partial charge < -0.3 is 5.73 Å². The smallest absolute Gasteiger partial charge is 0.0791 e. The van der Waals surface area contributed by atoms with Crippen LogP contribution in [-0.2, 0) is 5.41 Å². The molecule has 0 unspecified atom stereocenters. The van der Waals surface area contributed by atoms with E-state index in [0.29, 0.717) is 11.4 Å². The largest absolute Gasteiger partial charge is 0.399 e. The van der Waals surface area contributed by atoms with Crippen LogP contribution in [0.3, 0.4) is 0 Å². The third-order valence-electron chi connectivity index (χ3n) is 3.14. The van der Waals surface area contributed by atoms with Crippen LogP contribution in [0.15, 0.2) is 42.0 Å². The minimum absolute atomic E-state index is 0.195. The number of aryl methyl sites for hydroxylation is 1. The molecule has 1 aliphatic carbocycles. The van der Waals surface area contributed by atoms with Crippen molar-refractivity contribution in [2.75, 3.05) is 5.73 Å². The van der Waals surface area contributed by atoms with Gasteiger partial charge in [-0.3, -0.25) is 10.8 Å². The highest BCUT2D eigenvalue weighted by Gasteiger charge is 2.13. The first-order chi connectivity index (χ1) is 9.59. The van der Waals surface area contributed by atoms with Gasteiger partial charge in [0.25, 0.3) is 0 Å². The fourth-order valence-corrected chi connectivity index (χ4v) is 1.90. The van der Waals surface area contributed by atoms with Crippen LogP contribution in [0.1, 0.15) is 38.8 Å². The molecule has 0 fully saturated rings. The molecule has 0 saturated carbocycles. The number of nitrogen functional groups attached to an aromatic ring is 1. The second-order valence-corrected chi connectivity index (χ2v) is 6.43. The Kier molecular flexibility index (Phi) is 5.25. The highest BCUT2D eigenvalue weighted by molar-refractivity contribution is 6.49. The van der Waals surface area contributed by atoms with Crippen LogP contribution in [0.5, 0.6) is 0 Å². The van der Waals surface area contributed by atoms with E-state index >= 15 is 0 Å². The maximum Gasteiger partial charge on any atom is 0.0791 e. The lowest BCUT2D eigenvalue weighted by Gasteiger charge is -2.19. The first-order valence-corrected chi connectivity index (χ1v) is 7.01. The first-order valence-electron chi connectivity index (χ1n) is 7.01. The summed E-state index contributed by atoms with van der Waals surface area (Å²) < 4.78 is 0. The van der Waals surface area contributed by atoms with E-state index in [2.05, 4.69) is 33.8 Å². The Morgan fingerprint density at radius 2 is 1.52 bits per heavy atom. The van der Waals surface area contributed by atoms with E-state index in [1.165, 1.54) is 11.1 Å². The maximum atomic E-state index is 7.17. The zero-order chi connectivity index (χ0) is 16.2. The van der Waals surface area contributed by atoms with Crippen molar-refractivity contribution in [1.29, 1.82) is 10.8 Å². The van der Waals surface area contributed by atoms with Crippen LogP contribution >= 0.6 is 0 Å². The molecule has 112 valence electrons. The number of anilines is 1. The van der Waals surface area contributed by atoms with Crippen LogP contribution < -0.4 is 5.73 Å². The van der Waals surface area contributed by atoms with Gasteiger partial charge in [0.1, 0.15) is 0 Å². The third kappa shape index (κ3) is 5.38. The van der Waals surface area contributed by atoms with Crippen molar-refractivity contribution in [2.24, 2.45) is 0 Å². The molecule has 0 amide bonds. The van der Waals surface area contributed by atoms with Crippen molar-refractivity contribution in [2.45, 2.75) is 40.0 Å². The maximum absolute atomic E-state index is 7.17. The van der Waals surface area contributed by atoms with Crippen molar-refractivity contribution in [1.82, 2.24) is 0 Å². The fraction of sp³-hybridized carbons (Fsp3) is 0.333. The molecule has 0 spiro atoms. The van der Waals surface area contributed by atoms with Crippen molar-refractivity contribution in [3.05, 3.63) is 53.1 Å². The lowest BCUT2D eigenvalue weighted by Crippen LogP contribution is -2.11. The number of hydrogen-bond donors (Lipinski definition) is 3. The van der Waals surface area contributed by atoms with Gasteiger partial charge in [-0.15, -0.1) is 0 Å². The molecule has 1 aromatic rings. The van der Waals surface area contributed by atoms with E-state index < -0.39 is 0 Å². The summed E-state index contributed by atoms with van der Waals surface area (Å²) in [6.07, 6.45) is 5.15. The Morgan fingerprint density at radius 3 is 1.95 bits per heavy atom. The monoisotopic (exact) mass is 283 g/mol. The van der Waals surface area contributed by atoms with E-state index in [9.17, 15) is 0 Å². The number of benzene rings is 1. The second-order valence-electron chi connectivity index (χ2n) is 6.43. The molecule has 1 aromatic carbocycles. The Hall–Kier alpha value is -2.16. The van der Waals surface area contributed by atoms with E-state index in [1.807, 2.05) is 25.1 Å². The van der Waals surface area contributed by atoms with Gasteiger partial charge in [0.05, 0.1) is 11.4 Å². The summed E-state index contributed by atoms with van der Waals surface area (Å²) >= 11 is 0. The summed E-state index contributed by atoms with van der Waals surface area (Å²) in [5.74, 6) is 0. The minimum Gasteiger partial charge on any atom is -0.399 e. The second kappa shape index (κ2) is 6.53. The van der Waals surface area contributed by atoms with Gasteiger partial charge >= 0.3 is 0 Å². The molecule has 0 heterocycles. The number of rotatable bonds is 0. The zero-order valence-electron chi connectivity index (χ0n) is 13.5. The van der Waals surface area contributed by atoms with Crippen LogP contribution in [0.25, 0.3) is 0 Å². The summed E-state index contributed by atoms with van der Waals surface area (Å²) in [5, 5.41) is 14.3. The van der Waals surface area contributed by atoms with Crippen molar-refractivity contribution < 1.29 is 0 Å². The molecule has 0 saturated heterocycles. The molecule has 1 aliphatic rings. The van der Waals surface area contributed by atoms with Crippen LogP contribution in [0.4, 0.5) is 5.69 Å². The van der Waals surface area contributed by atoms with Crippen molar-refractivity contribution >= 4 is 17.1 Å². The van der Waals surface area contributed by atoms with E-state index in [0.717, 1.165) is 11.3 Å². The van der Waals surface area contributed by atoms with Gasteiger partial charge in [0, 0.05) is 5.69 Å². The molecule has 0 aliphatic heterocycles. The standard InChI is InChI=1S/C11H17N.C7H8N2/c1-8-5-9(11(2,3)4)7-10(12)6-8;1-5-2-3-6(8)7(9)4-5/h5-7H,12H2,1-4H3;2-4,8-9H,1H3. The van der Waals surface area contributed by atoms with Gasteiger partial charge in [-0.05, 0) is 60.2 Å². The molecule has 0 radical (unpaired) electrons. The lowest BCUT2D eigenvalue weighted by atomic mass is 9.86. The van der Waals surface area contributed by atoms with Gasteiger partial charge in [0.2, 0.25) is 0 Å². The van der Waals surface area contributed by atoms with Gasteiger partial charge in [-0.2, -0.15) is 0 Å². The summed E-state index contributed by atoms with van der Waals surface area (Å²) in [6.45, 7) is 10.6. The minimum atomic E-state index is 0.195. The quantitative estimate of drug-likeness (QED) is 0.478. The first kappa shape index (κ1) is 16.9. The molecule has 3 heteroatoms. The molecule has 3 nitrogen and oxygen atoms in total. The van der Waals surface area contributed by atoms with Crippen molar-refractivity contribution in [3.63, 3.8) is 0 Å². The summed E-state index contributed by atoms with van der Waals surface area (Å²) in [5.41, 5.74) is 11.0. The topological polar surface area (TPSA) is 73.7 Å². The van der Waals surface area contributed by atoms with Crippen LogP contribution in [0, 0.1) is 17.7 Å². The van der Waals surface area contributed by atoms with Crippen LogP contribution in [0.2, 0.25) is 0 Å². The summed E-state index contributed by atoms with van der Waals surface area (Å²) in [7, 11) is 0. The van der Waals surface area contributed by atoms with E-state index in [-0.39, 0.29) is 5.41 Å². The molecular formula is C18H25N3. The average molecular weight is 283 g/mol. The molecule has 0 bridgehead atoms. The van der Waals surface area contributed by atoms with E-state index in [4.69, 9.17) is 16.6 Å². The zero-order valence-corrected chi connectivity index (χ0v) is 13.5. The summed E-state index contributed by atoms with van der Waals surface area (Å²) in [4.78, 5) is 0. The molecule has 0 atom stereocenters. The Balaban J connectivity index is 0.000000219. The normalized spacial score (nSPS) is 14.4. The predicted octanol–water partition coefficient (Wildman–Crippen LogP) is 4.42. The fourth-order valence-electron chi connectivity index (χ4n) is 1.90. The Bertz CT molecular complexity index is 594. The summed E-state index contributed by atoms with van der Waals surface area (Å²) in [6, 6.07) is 6.23. The third-order valence-corrected chi connectivity index (χ3v) is 3.14. The van der Waals surface area contributed by atoms with Gasteiger partial charge in [-0.1, -0.05) is 32.9 Å². The van der Waals surface area contributed by atoms with E-state index in [1.54, 1.807) is 12.2 Å². The van der Waals surface area contributed by atoms with Gasteiger partial charge in [-0.25, -0.2) is 0 Å². The highest BCUT2D eigenvalue weighted by Crippen LogP contribution is 2.24. The average Bonchev–Trinajstić information content (AvgIpc) is 2.33. The SMILES string of the molecule is CC1=CC(=N)C(=N)C=C1.Cc1cc(N)cc(C(C)(C)C)c1. The molecule has 21 heavy (non-hydrogen) atoms. The predicted molar refractivity (Wildman–Crippen MR) is 92.6 cm³/mol. The lowest BCUT2D eigenvalue weighted by molar-refractivity contribution is 0.590. The van der Waals surface area contributed by atoms with Crippen LogP contribution in [-0.4, -0.2) is 11.4 Å².